The first-order valence-corrected chi connectivity index (χ1v) is 12.6. The minimum Gasteiger partial charge on any atom is -0.310 e. The van der Waals surface area contributed by atoms with Gasteiger partial charge in [0.05, 0.1) is 16.9 Å². The maximum atomic E-state index is 12.9. The molecule has 176 valence electrons. The molecule has 2 N–H and O–H groups in total. The molecule has 34 heavy (non-hydrogen) atoms. The molecule has 1 fully saturated rings. The fraction of sp³-hybridized carbons (Fsp3) is 0.240. The second kappa shape index (κ2) is 10.1. The summed E-state index contributed by atoms with van der Waals surface area (Å²) in [5.41, 5.74) is 1.89. The van der Waals surface area contributed by atoms with E-state index in [9.17, 15) is 18.0 Å². The Hall–Kier alpha value is -3.56. The molecule has 0 saturated heterocycles. The van der Waals surface area contributed by atoms with E-state index in [1.54, 1.807) is 29.2 Å². The standard InChI is InChI=1S/C25H26N4O4S/c1-2-29(21-6-4-3-5-7-21)25(31)19-10-15-23(26-17-19)27-24(30)16-18-8-13-22(14-9-18)34(32,33)28-20-11-12-20/h3-10,13-15,17,20,28H,2,11-12,16H2,1H3,(H,26,27,30). The summed E-state index contributed by atoms with van der Waals surface area (Å²) in [7, 11) is -3.52. The zero-order valence-electron chi connectivity index (χ0n) is 18.8. The third-order valence-corrected chi connectivity index (χ3v) is 6.94. The van der Waals surface area contributed by atoms with Crippen LogP contribution in [0.25, 0.3) is 0 Å². The molecule has 0 radical (unpaired) electrons. The van der Waals surface area contributed by atoms with Gasteiger partial charge in [-0.05, 0) is 61.7 Å². The van der Waals surface area contributed by atoms with Gasteiger partial charge in [0.15, 0.2) is 0 Å². The number of rotatable bonds is 9. The van der Waals surface area contributed by atoms with Crippen LogP contribution in [0.15, 0.2) is 77.8 Å². The van der Waals surface area contributed by atoms with Crippen molar-refractivity contribution < 1.29 is 18.0 Å². The quantitative estimate of drug-likeness (QED) is 0.490. The first-order valence-electron chi connectivity index (χ1n) is 11.1. The number of hydrogen-bond acceptors (Lipinski definition) is 5. The number of pyridine rings is 1. The Bertz CT molecular complexity index is 1260. The van der Waals surface area contributed by atoms with Gasteiger partial charge >= 0.3 is 0 Å². The SMILES string of the molecule is CCN(C(=O)c1ccc(NC(=O)Cc2ccc(S(=O)(=O)NC3CC3)cc2)nc1)c1ccccc1. The summed E-state index contributed by atoms with van der Waals surface area (Å²) in [6.45, 7) is 2.41. The molecule has 2 aromatic carbocycles. The summed E-state index contributed by atoms with van der Waals surface area (Å²) in [4.78, 5) is 31.3. The highest BCUT2D eigenvalue weighted by molar-refractivity contribution is 7.89. The van der Waals surface area contributed by atoms with Crippen LogP contribution in [0.3, 0.4) is 0 Å². The Morgan fingerprint density at radius 2 is 1.71 bits per heavy atom. The number of nitrogens with zero attached hydrogens (tertiary/aromatic N) is 2. The molecule has 1 saturated carbocycles. The van der Waals surface area contributed by atoms with Crippen molar-refractivity contribution in [2.45, 2.75) is 37.1 Å². The molecule has 8 nitrogen and oxygen atoms in total. The molecule has 0 spiro atoms. The monoisotopic (exact) mass is 478 g/mol. The van der Waals surface area contributed by atoms with Gasteiger partial charge in [-0.25, -0.2) is 18.1 Å². The summed E-state index contributed by atoms with van der Waals surface area (Å²) in [6.07, 6.45) is 3.24. The van der Waals surface area contributed by atoms with Crippen molar-refractivity contribution >= 4 is 33.3 Å². The molecule has 3 aromatic rings. The molecular weight excluding hydrogens is 452 g/mol. The van der Waals surface area contributed by atoms with Gasteiger partial charge in [-0.15, -0.1) is 0 Å². The fourth-order valence-corrected chi connectivity index (χ4v) is 4.75. The average Bonchev–Trinajstić information content (AvgIpc) is 3.64. The molecule has 0 atom stereocenters. The van der Waals surface area contributed by atoms with Gasteiger partial charge in [-0.3, -0.25) is 9.59 Å². The summed E-state index contributed by atoms with van der Waals surface area (Å²) in [5.74, 6) is -0.139. The van der Waals surface area contributed by atoms with Crippen LogP contribution in [0.4, 0.5) is 11.5 Å². The van der Waals surface area contributed by atoms with Crippen molar-refractivity contribution in [3.63, 3.8) is 0 Å². The maximum Gasteiger partial charge on any atom is 0.259 e. The van der Waals surface area contributed by atoms with Crippen LogP contribution >= 0.6 is 0 Å². The molecule has 9 heteroatoms. The average molecular weight is 479 g/mol. The minimum absolute atomic E-state index is 0.0352. The first kappa shape index (κ1) is 23.6. The van der Waals surface area contributed by atoms with Crippen molar-refractivity contribution in [3.8, 4) is 0 Å². The number of benzene rings is 2. The van der Waals surface area contributed by atoms with Crippen LogP contribution in [0.5, 0.6) is 0 Å². The predicted octanol–water partition coefficient (Wildman–Crippen LogP) is 3.37. The third kappa shape index (κ3) is 5.86. The van der Waals surface area contributed by atoms with Crippen LogP contribution in [0.1, 0.15) is 35.7 Å². The number of carbonyl (C=O) groups is 2. The lowest BCUT2D eigenvalue weighted by molar-refractivity contribution is -0.115. The van der Waals surface area contributed by atoms with Crippen LogP contribution in [0, 0.1) is 0 Å². The van der Waals surface area contributed by atoms with E-state index in [0.29, 0.717) is 23.5 Å². The topological polar surface area (TPSA) is 108 Å². The second-order valence-electron chi connectivity index (χ2n) is 8.08. The molecule has 1 aliphatic carbocycles. The van der Waals surface area contributed by atoms with Gasteiger partial charge in [-0.2, -0.15) is 0 Å². The van der Waals surface area contributed by atoms with Crippen molar-refractivity contribution in [2.75, 3.05) is 16.8 Å². The molecule has 0 bridgehead atoms. The van der Waals surface area contributed by atoms with E-state index in [0.717, 1.165) is 18.5 Å². The Morgan fingerprint density at radius 3 is 2.29 bits per heavy atom. The minimum atomic E-state index is -3.52. The number of amides is 2. The lowest BCUT2D eigenvalue weighted by atomic mass is 10.1. The van der Waals surface area contributed by atoms with Crippen LogP contribution < -0.4 is 14.9 Å². The number of aromatic nitrogens is 1. The summed E-state index contributed by atoms with van der Waals surface area (Å²) < 4.78 is 27.1. The summed E-state index contributed by atoms with van der Waals surface area (Å²) >= 11 is 0. The number of nitrogens with one attached hydrogen (secondary N) is 2. The van der Waals surface area contributed by atoms with Crippen LogP contribution in [-0.2, 0) is 21.2 Å². The van der Waals surface area contributed by atoms with E-state index < -0.39 is 10.0 Å². The highest BCUT2D eigenvalue weighted by Gasteiger charge is 2.27. The van der Waals surface area contributed by atoms with Gasteiger partial charge in [0, 0.05) is 24.5 Å². The van der Waals surface area contributed by atoms with Crippen molar-refractivity contribution in [2.24, 2.45) is 0 Å². The van der Waals surface area contributed by atoms with Crippen LogP contribution in [-0.4, -0.2) is 37.8 Å². The normalized spacial score (nSPS) is 13.3. The first-order chi connectivity index (χ1) is 16.4. The Labute approximate surface area is 199 Å². The molecule has 0 aliphatic heterocycles. The van der Waals surface area contributed by atoms with Gasteiger partial charge in [0.1, 0.15) is 5.82 Å². The van der Waals surface area contributed by atoms with Gasteiger partial charge in [0.25, 0.3) is 5.91 Å². The van der Waals surface area contributed by atoms with Crippen molar-refractivity contribution in [1.29, 1.82) is 0 Å². The maximum absolute atomic E-state index is 12.9. The Kier molecular flexibility index (Phi) is 7.04. The van der Waals surface area contributed by atoms with E-state index in [-0.39, 0.29) is 29.2 Å². The molecular formula is C25H26N4O4S. The van der Waals surface area contributed by atoms with E-state index >= 15 is 0 Å². The number of para-hydroxylation sites is 1. The Balaban J connectivity index is 1.35. The molecule has 2 amide bonds. The number of hydrogen-bond donors (Lipinski definition) is 2. The Morgan fingerprint density at radius 1 is 1.00 bits per heavy atom. The molecule has 0 unspecified atom stereocenters. The fourth-order valence-electron chi connectivity index (χ4n) is 3.45. The lowest BCUT2D eigenvalue weighted by Gasteiger charge is -2.21. The number of sulfonamides is 1. The zero-order chi connectivity index (χ0) is 24.1. The third-order valence-electron chi connectivity index (χ3n) is 5.40. The van der Waals surface area contributed by atoms with Crippen molar-refractivity contribution in [1.82, 2.24) is 9.71 Å². The summed E-state index contributed by atoms with van der Waals surface area (Å²) in [5, 5.41) is 2.71. The largest absolute Gasteiger partial charge is 0.310 e. The smallest absolute Gasteiger partial charge is 0.259 e. The number of carbonyl (C=O) groups excluding carboxylic acids is 2. The molecule has 4 rings (SSSR count). The zero-order valence-corrected chi connectivity index (χ0v) is 19.6. The second-order valence-corrected chi connectivity index (χ2v) is 9.80. The number of anilines is 2. The lowest BCUT2D eigenvalue weighted by Crippen LogP contribution is -2.30. The van der Waals surface area contributed by atoms with Gasteiger partial charge in [0.2, 0.25) is 15.9 Å². The van der Waals surface area contributed by atoms with Crippen molar-refractivity contribution in [3.05, 3.63) is 84.1 Å². The predicted molar refractivity (Wildman–Crippen MR) is 130 cm³/mol. The molecule has 1 heterocycles. The van der Waals surface area contributed by atoms with E-state index in [2.05, 4.69) is 15.0 Å². The highest BCUT2D eigenvalue weighted by Crippen LogP contribution is 2.22. The summed E-state index contributed by atoms with van der Waals surface area (Å²) in [6, 6.07) is 18.9. The van der Waals surface area contributed by atoms with E-state index in [1.165, 1.54) is 18.3 Å². The highest BCUT2D eigenvalue weighted by atomic mass is 32.2. The molecule has 1 aliphatic rings. The van der Waals surface area contributed by atoms with E-state index in [1.807, 2.05) is 37.3 Å². The van der Waals surface area contributed by atoms with Gasteiger partial charge < -0.3 is 10.2 Å². The van der Waals surface area contributed by atoms with E-state index in [4.69, 9.17) is 0 Å². The van der Waals surface area contributed by atoms with Gasteiger partial charge in [-0.1, -0.05) is 30.3 Å². The molecule has 1 aromatic heterocycles. The van der Waals surface area contributed by atoms with Crippen LogP contribution in [0.2, 0.25) is 0 Å².